The molecule has 1 fully saturated rings. The summed E-state index contributed by atoms with van der Waals surface area (Å²) < 4.78 is 10.1. The Morgan fingerprint density at radius 1 is 1.19 bits per heavy atom. The van der Waals surface area contributed by atoms with Crippen molar-refractivity contribution in [1.82, 2.24) is 5.16 Å². The predicted molar refractivity (Wildman–Crippen MR) is 116 cm³/mol. The van der Waals surface area contributed by atoms with Crippen LogP contribution in [0.15, 0.2) is 47.0 Å². The maximum Gasteiger partial charge on any atom is 0.260 e. The van der Waals surface area contributed by atoms with E-state index in [0.29, 0.717) is 22.2 Å². The molecule has 0 saturated heterocycles. The minimum Gasteiger partial charge on any atom is -0.504 e. The second-order valence-corrected chi connectivity index (χ2v) is 8.14. The number of nitrogens with zero attached hydrogens (tertiary/aromatic N) is 1. The van der Waals surface area contributed by atoms with Gasteiger partial charge in [0.2, 0.25) is 5.76 Å². The number of aromatic nitrogens is 1. The number of hydrogen-bond acceptors (Lipinski definition) is 6. The molecule has 5 rings (SSSR count). The smallest absolute Gasteiger partial charge is 0.260 e. The molecule has 0 unspecified atom stereocenters. The van der Waals surface area contributed by atoms with Crippen LogP contribution in [0.4, 0.5) is 5.69 Å². The Hall–Kier alpha value is -3.29. The van der Waals surface area contributed by atoms with Crippen LogP contribution in [-0.2, 0) is 4.79 Å². The van der Waals surface area contributed by atoms with Gasteiger partial charge in [-0.1, -0.05) is 35.9 Å². The van der Waals surface area contributed by atoms with Crippen molar-refractivity contribution in [3.8, 4) is 17.0 Å². The Morgan fingerprint density at radius 2 is 1.94 bits per heavy atom. The predicted octanol–water partition coefficient (Wildman–Crippen LogP) is 4.62. The molecule has 1 saturated carbocycles. The second kappa shape index (κ2) is 7.44. The zero-order chi connectivity index (χ0) is 21.7. The van der Waals surface area contributed by atoms with Gasteiger partial charge in [0.05, 0.1) is 35.6 Å². The van der Waals surface area contributed by atoms with E-state index in [4.69, 9.17) is 20.9 Å². The first-order valence-corrected chi connectivity index (χ1v) is 10.2. The first kappa shape index (κ1) is 19.7. The van der Waals surface area contributed by atoms with Crippen LogP contribution < -0.4 is 10.1 Å². The lowest BCUT2D eigenvalue weighted by Gasteiger charge is -2.31. The van der Waals surface area contributed by atoms with Gasteiger partial charge in [0.15, 0.2) is 5.76 Å². The summed E-state index contributed by atoms with van der Waals surface area (Å²) in [6, 6.07) is 12.9. The normalized spacial score (nSPS) is 21.3. The van der Waals surface area contributed by atoms with Crippen molar-refractivity contribution in [2.24, 2.45) is 0 Å². The number of benzene rings is 2. The Morgan fingerprint density at radius 3 is 2.58 bits per heavy atom. The van der Waals surface area contributed by atoms with E-state index in [0.717, 1.165) is 24.0 Å². The quantitative estimate of drug-likeness (QED) is 0.405. The molecule has 2 heterocycles. The van der Waals surface area contributed by atoms with Gasteiger partial charge in [-0.2, -0.15) is 0 Å². The van der Waals surface area contributed by atoms with Gasteiger partial charge < -0.3 is 24.8 Å². The lowest BCUT2D eigenvalue weighted by atomic mass is 9.77. The number of carbonyl (C=O) groups is 1. The molecule has 0 atom stereocenters. The molecule has 2 aliphatic rings. The molecule has 1 aromatic heterocycles. The third kappa shape index (κ3) is 3.36. The number of anilines is 1. The number of aliphatic hydroxyl groups is 2. The molecule has 8 heteroatoms. The fraction of sp³-hybridized carbons (Fsp3) is 0.217. The Bertz CT molecular complexity index is 1210. The van der Waals surface area contributed by atoms with Crippen molar-refractivity contribution in [2.75, 3.05) is 12.4 Å². The number of halogens is 1. The van der Waals surface area contributed by atoms with Crippen LogP contribution in [0.1, 0.15) is 35.6 Å². The third-order valence-corrected chi connectivity index (χ3v) is 6.14. The van der Waals surface area contributed by atoms with Crippen molar-refractivity contribution in [2.45, 2.75) is 24.9 Å². The number of hydrogen-bond donors (Lipinski definition) is 3. The van der Waals surface area contributed by atoms with Crippen LogP contribution in [0.3, 0.4) is 0 Å². The highest BCUT2D eigenvalue weighted by atomic mass is 35.5. The van der Waals surface area contributed by atoms with E-state index in [1.807, 2.05) is 24.3 Å². The van der Waals surface area contributed by atoms with E-state index in [1.54, 1.807) is 12.1 Å². The van der Waals surface area contributed by atoms with Gasteiger partial charge in [-0.3, -0.25) is 4.79 Å². The number of amides is 1. The molecule has 0 bridgehead atoms. The fourth-order valence-electron chi connectivity index (χ4n) is 4.03. The fourth-order valence-corrected chi connectivity index (χ4v) is 4.30. The SMILES string of the molecule is COc1cc(C(O)=C2C(=O)Nc3cc(Cl)c(-c4ccc(C5CC(O)C5)cc4)cc32)on1. The average molecular weight is 439 g/mol. The molecule has 1 amide bonds. The summed E-state index contributed by atoms with van der Waals surface area (Å²) in [5, 5.41) is 27.1. The molecule has 2 aromatic carbocycles. The van der Waals surface area contributed by atoms with Gasteiger partial charge in [0.1, 0.15) is 0 Å². The Balaban J connectivity index is 1.54. The van der Waals surface area contributed by atoms with E-state index < -0.39 is 5.91 Å². The van der Waals surface area contributed by atoms with E-state index in [9.17, 15) is 15.0 Å². The standard InChI is InChI=1S/C23H19ClN2O5/c1-30-20-10-19(31-26-20)22(28)21-16-8-15(17(24)9-18(16)25-23(21)29)12-4-2-11(3-5-12)13-6-14(27)7-13/h2-5,8-10,13-14,27-28H,6-7H2,1H3,(H,25,29). The lowest BCUT2D eigenvalue weighted by Crippen LogP contribution is -2.26. The number of fused-ring (bicyclic) bond motifs is 1. The van der Waals surface area contributed by atoms with Crippen LogP contribution in [-0.4, -0.2) is 34.5 Å². The van der Waals surface area contributed by atoms with Gasteiger partial charge in [0.25, 0.3) is 11.8 Å². The highest BCUT2D eigenvalue weighted by molar-refractivity contribution is 6.38. The molecule has 1 aliphatic heterocycles. The second-order valence-electron chi connectivity index (χ2n) is 7.73. The minimum absolute atomic E-state index is 0.0263. The summed E-state index contributed by atoms with van der Waals surface area (Å²) in [6.45, 7) is 0. The molecule has 7 nitrogen and oxygen atoms in total. The summed E-state index contributed by atoms with van der Waals surface area (Å²) in [5.41, 5.74) is 3.90. The van der Waals surface area contributed by atoms with E-state index in [1.165, 1.54) is 18.7 Å². The largest absolute Gasteiger partial charge is 0.504 e. The van der Waals surface area contributed by atoms with Gasteiger partial charge >= 0.3 is 0 Å². The highest BCUT2D eigenvalue weighted by Gasteiger charge is 2.32. The zero-order valence-corrected chi connectivity index (χ0v) is 17.3. The minimum atomic E-state index is -0.463. The molecule has 1 aliphatic carbocycles. The number of rotatable bonds is 4. The molecule has 31 heavy (non-hydrogen) atoms. The zero-order valence-electron chi connectivity index (χ0n) is 16.6. The summed E-state index contributed by atoms with van der Waals surface area (Å²) in [5.74, 6) is -0.198. The van der Waals surface area contributed by atoms with Crippen LogP contribution in [0.2, 0.25) is 5.02 Å². The van der Waals surface area contributed by atoms with Crippen molar-refractivity contribution < 1.29 is 24.3 Å². The van der Waals surface area contributed by atoms with Crippen LogP contribution >= 0.6 is 11.6 Å². The maximum absolute atomic E-state index is 12.6. The van der Waals surface area contributed by atoms with Gasteiger partial charge in [-0.25, -0.2) is 0 Å². The first-order chi connectivity index (χ1) is 14.9. The van der Waals surface area contributed by atoms with Gasteiger partial charge in [0, 0.05) is 11.1 Å². The van der Waals surface area contributed by atoms with E-state index in [2.05, 4.69) is 10.5 Å². The molecular formula is C23H19ClN2O5. The molecule has 0 radical (unpaired) electrons. The summed E-state index contributed by atoms with van der Waals surface area (Å²) in [7, 11) is 1.43. The number of ether oxygens (including phenoxy) is 1. The van der Waals surface area contributed by atoms with Crippen molar-refractivity contribution in [3.05, 3.63) is 64.4 Å². The van der Waals surface area contributed by atoms with Crippen molar-refractivity contribution >= 4 is 34.5 Å². The van der Waals surface area contributed by atoms with Crippen LogP contribution in [0.25, 0.3) is 22.5 Å². The number of aliphatic hydroxyl groups excluding tert-OH is 2. The Labute approximate surface area is 182 Å². The summed E-state index contributed by atoms with van der Waals surface area (Å²) >= 11 is 6.51. The molecular weight excluding hydrogens is 420 g/mol. The molecule has 3 aromatic rings. The maximum atomic E-state index is 12.6. The number of nitrogens with one attached hydrogen (secondary N) is 1. The number of methoxy groups -OCH3 is 1. The van der Waals surface area contributed by atoms with Crippen molar-refractivity contribution in [1.29, 1.82) is 0 Å². The molecule has 3 N–H and O–H groups in total. The highest BCUT2D eigenvalue weighted by Crippen LogP contribution is 2.43. The third-order valence-electron chi connectivity index (χ3n) is 5.83. The topological polar surface area (TPSA) is 105 Å². The van der Waals surface area contributed by atoms with Crippen LogP contribution in [0, 0.1) is 0 Å². The van der Waals surface area contributed by atoms with Crippen LogP contribution in [0.5, 0.6) is 5.88 Å². The number of carbonyl (C=O) groups excluding carboxylic acids is 1. The lowest BCUT2D eigenvalue weighted by molar-refractivity contribution is -0.110. The average Bonchev–Trinajstić information content (AvgIpc) is 3.34. The molecule has 158 valence electrons. The first-order valence-electron chi connectivity index (χ1n) is 9.82. The van der Waals surface area contributed by atoms with E-state index >= 15 is 0 Å². The van der Waals surface area contributed by atoms with Gasteiger partial charge in [-0.05, 0) is 47.2 Å². The molecule has 0 spiro atoms. The summed E-state index contributed by atoms with van der Waals surface area (Å²) in [6.07, 6.45) is 1.36. The van der Waals surface area contributed by atoms with Gasteiger partial charge in [-0.15, -0.1) is 0 Å². The summed E-state index contributed by atoms with van der Waals surface area (Å²) in [4.78, 5) is 12.6. The Kier molecular flexibility index (Phi) is 4.72. The van der Waals surface area contributed by atoms with Crippen molar-refractivity contribution in [3.63, 3.8) is 0 Å². The monoisotopic (exact) mass is 438 g/mol. The van der Waals surface area contributed by atoms with E-state index in [-0.39, 0.29) is 29.1 Å².